The first-order valence-electron chi connectivity index (χ1n) is 7.63. The third-order valence-corrected chi connectivity index (χ3v) is 3.21. The molecule has 2 aromatic carbocycles. The van der Waals surface area contributed by atoms with Crippen LogP contribution in [0.2, 0.25) is 0 Å². The highest BCUT2D eigenvalue weighted by Crippen LogP contribution is 2.19. The zero-order valence-corrected chi connectivity index (χ0v) is 13.0. The number of nitrogens with two attached hydrogens (primary N) is 1. The number of aldehydes is 1. The molecule has 0 radical (unpaired) electrons. The van der Waals surface area contributed by atoms with Crippen molar-refractivity contribution in [3.05, 3.63) is 60.2 Å². The molecule has 2 heteroatoms. The lowest BCUT2D eigenvalue weighted by molar-refractivity contribution is -0.108. The van der Waals surface area contributed by atoms with E-state index in [0.29, 0.717) is 6.42 Å². The van der Waals surface area contributed by atoms with Gasteiger partial charge in [0, 0.05) is 12.5 Å². The van der Waals surface area contributed by atoms with E-state index in [1.807, 2.05) is 32.0 Å². The van der Waals surface area contributed by atoms with Gasteiger partial charge in [0.2, 0.25) is 0 Å². The van der Waals surface area contributed by atoms with E-state index in [0.717, 1.165) is 19.1 Å². The second-order valence-corrected chi connectivity index (χ2v) is 4.77. The smallest absolute Gasteiger partial charge is 0.120 e. The van der Waals surface area contributed by atoms with Gasteiger partial charge in [0.1, 0.15) is 6.29 Å². The van der Waals surface area contributed by atoms with Gasteiger partial charge in [-0.1, -0.05) is 68.4 Å². The molecule has 21 heavy (non-hydrogen) atoms. The molecular formula is C19H25NO. The van der Waals surface area contributed by atoms with Crippen molar-refractivity contribution in [1.82, 2.24) is 0 Å². The Morgan fingerprint density at radius 1 is 0.952 bits per heavy atom. The van der Waals surface area contributed by atoms with Gasteiger partial charge in [0.25, 0.3) is 0 Å². The van der Waals surface area contributed by atoms with Crippen LogP contribution in [0.1, 0.15) is 32.3 Å². The topological polar surface area (TPSA) is 43.1 Å². The molecule has 2 nitrogen and oxygen atoms in total. The van der Waals surface area contributed by atoms with Crippen LogP contribution in [0.3, 0.4) is 0 Å². The van der Waals surface area contributed by atoms with Crippen LogP contribution < -0.4 is 5.73 Å². The first kappa shape index (κ1) is 17.1. The van der Waals surface area contributed by atoms with E-state index >= 15 is 0 Å². The average molecular weight is 283 g/mol. The van der Waals surface area contributed by atoms with Crippen LogP contribution in [0.4, 0.5) is 0 Å². The molecule has 2 N–H and O–H groups in total. The van der Waals surface area contributed by atoms with Crippen LogP contribution in [0.5, 0.6) is 0 Å². The summed E-state index contributed by atoms with van der Waals surface area (Å²) >= 11 is 0. The number of benzene rings is 2. The summed E-state index contributed by atoms with van der Waals surface area (Å²) in [5.74, 6) is 0. The van der Waals surface area contributed by atoms with Gasteiger partial charge >= 0.3 is 0 Å². The molecule has 1 atom stereocenters. The van der Waals surface area contributed by atoms with E-state index in [9.17, 15) is 4.79 Å². The van der Waals surface area contributed by atoms with Crippen molar-refractivity contribution in [2.45, 2.75) is 39.2 Å². The third-order valence-electron chi connectivity index (χ3n) is 3.21. The summed E-state index contributed by atoms with van der Waals surface area (Å²) in [7, 11) is 0. The zero-order chi connectivity index (χ0) is 15.5. The van der Waals surface area contributed by atoms with Crippen LogP contribution in [0.15, 0.2) is 54.6 Å². The molecule has 0 fully saturated rings. The maximum absolute atomic E-state index is 10.3. The summed E-state index contributed by atoms with van der Waals surface area (Å²) in [6.45, 7) is 4.00. The summed E-state index contributed by atoms with van der Waals surface area (Å²) < 4.78 is 0. The van der Waals surface area contributed by atoms with Gasteiger partial charge in [-0.15, -0.1) is 0 Å². The summed E-state index contributed by atoms with van der Waals surface area (Å²) in [6, 6.07) is 18.8. The minimum atomic E-state index is 0.0628. The van der Waals surface area contributed by atoms with Gasteiger partial charge < -0.3 is 10.5 Å². The largest absolute Gasteiger partial charge is 0.327 e. The van der Waals surface area contributed by atoms with Crippen LogP contribution in [0.25, 0.3) is 11.1 Å². The molecule has 0 aromatic heterocycles. The number of rotatable bonds is 6. The molecule has 112 valence electrons. The quantitative estimate of drug-likeness (QED) is 0.806. The molecule has 0 saturated carbocycles. The SMILES string of the molecule is CC.NC(CCC=O)Cc1ccc(-c2ccccc2)cc1. The molecule has 0 bridgehead atoms. The summed E-state index contributed by atoms with van der Waals surface area (Å²) in [5.41, 5.74) is 9.64. The minimum Gasteiger partial charge on any atom is -0.327 e. The molecule has 0 aliphatic rings. The number of carbonyl (C=O) groups is 1. The van der Waals surface area contributed by atoms with Crippen molar-refractivity contribution in [1.29, 1.82) is 0 Å². The van der Waals surface area contributed by atoms with Crippen molar-refractivity contribution in [2.75, 3.05) is 0 Å². The number of hydrogen-bond donors (Lipinski definition) is 1. The lowest BCUT2D eigenvalue weighted by atomic mass is 9.99. The summed E-state index contributed by atoms with van der Waals surface area (Å²) in [6.07, 6.45) is 3.05. The Morgan fingerprint density at radius 2 is 1.52 bits per heavy atom. The highest BCUT2D eigenvalue weighted by molar-refractivity contribution is 5.63. The molecule has 1 unspecified atom stereocenters. The predicted molar refractivity (Wildman–Crippen MR) is 90.2 cm³/mol. The fourth-order valence-corrected chi connectivity index (χ4v) is 2.15. The zero-order valence-electron chi connectivity index (χ0n) is 13.0. The Hall–Kier alpha value is -1.93. The van der Waals surface area contributed by atoms with E-state index in [1.54, 1.807) is 0 Å². The van der Waals surface area contributed by atoms with Gasteiger partial charge in [-0.3, -0.25) is 0 Å². The Morgan fingerprint density at radius 3 is 2.10 bits per heavy atom. The van der Waals surface area contributed by atoms with Crippen molar-refractivity contribution in [3.8, 4) is 11.1 Å². The van der Waals surface area contributed by atoms with Gasteiger partial charge in [0.05, 0.1) is 0 Å². The fraction of sp³-hybridized carbons (Fsp3) is 0.316. The van der Waals surface area contributed by atoms with Crippen LogP contribution in [-0.2, 0) is 11.2 Å². The fourth-order valence-electron chi connectivity index (χ4n) is 2.15. The van der Waals surface area contributed by atoms with Crippen molar-refractivity contribution >= 4 is 6.29 Å². The van der Waals surface area contributed by atoms with E-state index < -0.39 is 0 Å². The minimum absolute atomic E-state index is 0.0628. The van der Waals surface area contributed by atoms with Crippen LogP contribution in [-0.4, -0.2) is 12.3 Å². The molecular weight excluding hydrogens is 258 g/mol. The van der Waals surface area contributed by atoms with Crippen LogP contribution >= 0.6 is 0 Å². The molecule has 0 amide bonds. The maximum atomic E-state index is 10.3. The van der Waals surface area contributed by atoms with Gasteiger partial charge in [-0.25, -0.2) is 0 Å². The number of carbonyl (C=O) groups excluding carboxylic acids is 1. The van der Waals surface area contributed by atoms with E-state index in [2.05, 4.69) is 36.4 Å². The second-order valence-electron chi connectivity index (χ2n) is 4.77. The Kier molecular flexibility index (Phi) is 8.07. The molecule has 0 saturated heterocycles. The Balaban J connectivity index is 0.00000106. The van der Waals surface area contributed by atoms with Crippen LogP contribution in [0, 0.1) is 0 Å². The molecule has 0 aliphatic heterocycles. The van der Waals surface area contributed by atoms with E-state index in [1.165, 1.54) is 16.7 Å². The monoisotopic (exact) mass is 283 g/mol. The number of hydrogen-bond acceptors (Lipinski definition) is 2. The molecule has 0 heterocycles. The molecule has 0 spiro atoms. The first-order valence-corrected chi connectivity index (χ1v) is 7.63. The lowest BCUT2D eigenvalue weighted by Gasteiger charge is -2.10. The summed E-state index contributed by atoms with van der Waals surface area (Å²) in [4.78, 5) is 10.3. The van der Waals surface area contributed by atoms with Gasteiger partial charge in [-0.05, 0) is 29.5 Å². The Bertz CT molecular complexity index is 505. The van der Waals surface area contributed by atoms with E-state index in [-0.39, 0.29) is 6.04 Å². The highest BCUT2D eigenvalue weighted by atomic mass is 16.1. The molecule has 2 rings (SSSR count). The molecule has 0 aliphatic carbocycles. The maximum Gasteiger partial charge on any atom is 0.120 e. The van der Waals surface area contributed by atoms with Gasteiger partial charge in [0.15, 0.2) is 0 Å². The molecule has 2 aromatic rings. The lowest BCUT2D eigenvalue weighted by Crippen LogP contribution is -2.22. The normalized spacial score (nSPS) is 11.2. The Labute approximate surface area is 128 Å². The standard InChI is InChI=1S/C17H19NO.C2H6/c18-17(7-4-12-19)13-14-8-10-16(11-9-14)15-5-2-1-3-6-15;1-2/h1-3,5-6,8-12,17H,4,7,13,18H2;1-2H3. The second kappa shape index (κ2) is 9.89. The summed E-state index contributed by atoms with van der Waals surface area (Å²) in [5, 5.41) is 0. The predicted octanol–water partition coefficient (Wildman–Crippen LogP) is 4.23. The van der Waals surface area contributed by atoms with Gasteiger partial charge in [-0.2, -0.15) is 0 Å². The van der Waals surface area contributed by atoms with Crippen molar-refractivity contribution in [2.24, 2.45) is 5.73 Å². The first-order chi connectivity index (χ1) is 10.3. The van der Waals surface area contributed by atoms with Crippen molar-refractivity contribution < 1.29 is 4.79 Å². The van der Waals surface area contributed by atoms with E-state index in [4.69, 9.17) is 5.73 Å². The third kappa shape index (κ3) is 5.92. The van der Waals surface area contributed by atoms with Crippen molar-refractivity contribution in [3.63, 3.8) is 0 Å². The average Bonchev–Trinajstić information content (AvgIpc) is 2.56. The highest BCUT2D eigenvalue weighted by Gasteiger charge is 2.04.